The second-order valence-corrected chi connectivity index (χ2v) is 4.81. The first-order chi connectivity index (χ1) is 9.61. The van der Waals surface area contributed by atoms with Crippen molar-refractivity contribution in [1.29, 1.82) is 0 Å². The summed E-state index contributed by atoms with van der Waals surface area (Å²) >= 11 is 1.35. The molecule has 0 aliphatic heterocycles. The molecule has 1 heterocycles. The molecule has 0 bridgehead atoms. The van der Waals surface area contributed by atoms with Gasteiger partial charge in [0.25, 0.3) is 0 Å². The monoisotopic (exact) mass is 293 g/mol. The van der Waals surface area contributed by atoms with Crippen LogP contribution in [0.1, 0.15) is 15.9 Å². The molecule has 0 saturated carbocycles. The van der Waals surface area contributed by atoms with Crippen molar-refractivity contribution in [3.05, 3.63) is 47.5 Å². The molecule has 1 aromatic carbocycles. The summed E-state index contributed by atoms with van der Waals surface area (Å²) in [6.45, 7) is 0. The fourth-order valence-electron chi connectivity index (χ4n) is 1.52. The first-order valence-corrected chi connectivity index (χ1v) is 6.66. The molecular weight excluding hydrogens is 281 g/mol. The highest BCUT2D eigenvalue weighted by Crippen LogP contribution is 2.25. The number of benzene rings is 1. The van der Waals surface area contributed by atoms with Gasteiger partial charge >= 0.3 is 5.97 Å². The molecule has 7 heteroatoms. The molecule has 0 atom stereocenters. The van der Waals surface area contributed by atoms with Gasteiger partial charge in [-0.3, -0.25) is 0 Å². The molecule has 0 unspecified atom stereocenters. The molecule has 2 N–H and O–H groups in total. The zero-order chi connectivity index (χ0) is 14.5. The van der Waals surface area contributed by atoms with E-state index in [2.05, 4.69) is 14.7 Å². The highest BCUT2D eigenvalue weighted by molar-refractivity contribution is 7.98. The number of nitrogen functional groups attached to an aromatic ring is 1. The maximum atomic E-state index is 13.7. The number of anilines is 1. The van der Waals surface area contributed by atoms with E-state index in [0.717, 1.165) is 0 Å². The van der Waals surface area contributed by atoms with E-state index in [-0.39, 0.29) is 5.56 Å². The smallest absolute Gasteiger partial charge is 0.340 e. The third kappa shape index (κ3) is 3.24. The minimum atomic E-state index is -0.695. The predicted molar refractivity (Wildman–Crippen MR) is 73.7 cm³/mol. The number of carbonyl (C=O) groups is 1. The molecule has 0 fully saturated rings. The highest BCUT2D eigenvalue weighted by atomic mass is 32.2. The molecule has 0 amide bonds. The number of methoxy groups -OCH3 is 1. The van der Waals surface area contributed by atoms with Crippen LogP contribution in [0.25, 0.3) is 0 Å². The minimum Gasteiger partial charge on any atom is -0.465 e. The van der Waals surface area contributed by atoms with Crippen molar-refractivity contribution in [2.24, 2.45) is 0 Å². The first-order valence-electron chi connectivity index (χ1n) is 5.68. The van der Waals surface area contributed by atoms with Gasteiger partial charge in [-0.2, -0.15) is 0 Å². The van der Waals surface area contributed by atoms with Crippen LogP contribution in [0.4, 0.5) is 10.2 Å². The van der Waals surface area contributed by atoms with Crippen LogP contribution < -0.4 is 5.73 Å². The first kappa shape index (κ1) is 14.3. The Bertz CT molecular complexity index is 637. The average molecular weight is 293 g/mol. The average Bonchev–Trinajstić information content (AvgIpc) is 2.46. The summed E-state index contributed by atoms with van der Waals surface area (Å²) in [6.07, 6.45) is 3.05. The third-order valence-electron chi connectivity index (χ3n) is 2.51. The number of nitrogens with two attached hydrogens (primary N) is 1. The number of thioether (sulfide) groups is 1. The topological polar surface area (TPSA) is 78.1 Å². The molecule has 5 nitrogen and oxygen atoms in total. The van der Waals surface area contributed by atoms with Gasteiger partial charge in [-0.05, 0) is 17.7 Å². The third-order valence-corrected chi connectivity index (χ3v) is 3.57. The maximum absolute atomic E-state index is 13.7. The zero-order valence-corrected chi connectivity index (χ0v) is 11.5. The summed E-state index contributed by atoms with van der Waals surface area (Å²) in [4.78, 5) is 19.3. The fourth-order valence-corrected chi connectivity index (χ4v) is 2.34. The maximum Gasteiger partial charge on any atom is 0.340 e. The molecule has 0 saturated heterocycles. The van der Waals surface area contributed by atoms with E-state index < -0.39 is 11.8 Å². The van der Waals surface area contributed by atoms with E-state index in [1.807, 2.05) is 0 Å². The van der Waals surface area contributed by atoms with E-state index in [1.165, 1.54) is 37.2 Å². The van der Waals surface area contributed by atoms with Gasteiger partial charge in [0.1, 0.15) is 10.8 Å². The number of hydrogen-bond donors (Lipinski definition) is 1. The summed E-state index contributed by atoms with van der Waals surface area (Å²) in [5.41, 5.74) is 6.30. The van der Waals surface area contributed by atoms with Crippen molar-refractivity contribution in [3.63, 3.8) is 0 Å². The Labute approximate surface area is 119 Å². The van der Waals surface area contributed by atoms with E-state index in [9.17, 15) is 9.18 Å². The SMILES string of the molecule is COC(=O)c1ccc(CSc2nccnc2N)cc1F. The van der Waals surface area contributed by atoms with Crippen LogP contribution in [0.3, 0.4) is 0 Å². The molecule has 2 rings (SSSR count). The second-order valence-electron chi connectivity index (χ2n) is 3.84. The van der Waals surface area contributed by atoms with Gasteiger partial charge in [-0.1, -0.05) is 17.8 Å². The summed E-state index contributed by atoms with van der Waals surface area (Å²) in [6, 6.07) is 4.36. The second kappa shape index (κ2) is 6.33. The Morgan fingerprint density at radius 2 is 2.15 bits per heavy atom. The van der Waals surface area contributed by atoms with E-state index in [1.54, 1.807) is 12.3 Å². The van der Waals surface area contributed by atoms with Crippen LogP contribution in [0.15, 0.2) is 35.6 Å². The molecule has 1 aromatic heterocycles. The number of ether oxygens (including phenoxy) is 1. The number of aromatic nitrogens is 2. The number of halogens is 1. The molecule has 0 radical (unpaired) electrons. The number of carbonyl (C=O) groups excluding carboxylic acids is 1. The fraction of sp³-hybridized carbons (Fsp3) is 0.154. The van der Waals surface area contributed by atoms with Crippen molar-refractivity contribution in [2.45, 2.75) is 10.8 Å². The number of hydrogen-bond acceptors (Lipinski definition) is 6. The largest absolute Gasteiger partial charge is 0.465 e. The minimum absolute atomic E-state index is 0.0831. The Morgan fingerprint density at radius 3 is 2.80 bits per heavy atom. The van der Waals surface area contributed by atoms with Gasteiger partial charge < -0.3 is 10.5 Å². The number of nitrogens with zero attached hydrogens (tertiary/aromatic N) is 2. The van der Waals surface area contributed by atoms with Crippen LogP contribution in [0, 0.1) is 5.82 Å². The van der Waals surface area contributed by atoms with E-state index >= 15 is 0 Å². The van der Waals surface area contributed by atoms with Crippen molar-refractivity contribution < 1.29 is 13.9 Å². The predicted octanol–water partition coefficient (Wildman–Crippen LogP) is 2.28. The van der Waals surface area contributed by atoms with Gasteiger partial charge in [0.2, 0.25) is 0 Å². The van der Waals surface area contributed by atoms with Gasteiger partial charge in [-0.25, -0.2) is 19.2 Å². The molecule has 20 heavy (non-hydrogen) atoms. The van der Waals surface area contributed by atoms with Crippen LogP contribution in [0.5, 0.6) is 0 Å². The van der Waals surface area contributed by atoms with Gasteiger partial charge in [0, 0.05) is 18.1 Å². The lowest BCUT2D eigenvalue weighted by Gasteiger charge is -2.05. The molecular formula is C13H12FN3O2S. The lowest BCUT2D eigenvalue weighted by atomic mass is 10.1. The highest BCUT2D eigenvalue weighted by Gasteiger charge is 2.12. The quantitative estimate of drug-likeness (QED) is 0.688. The normalized spacial score (nSPS) is 10.3. The van der Waals surface area contributed by atoms with E-state index in [4.69, 9.17) is 5.73 Å². The zero-order valence-electron chi connectivity index (χ0n) is 10.7. The molecule has 0 aliphatic rings. The van der Waals surface area contributed by atoms with E-state index in [0.29, 0.717) is 22.2 Å². The standard InChI is InChI=1S/C13H12FN3O2S/c1-19-13(18)9-3-2-8(6-10(9)14)7-20-12-11(15)16-4-5-17-12/h2-6H,7H2,1H3,(H2,15,16). The van der Waals surface area contributed by atoms with Crippen LogP contribution in [-0.2, 0) is 10.5 Å². The van der Waals surface area contributed by atoms with Crippen LogP contribution >= 0.6 is 11.8 Å². The lowest BCUT2D eigenvalue weighted by Crippen LogP contribution is -2.04. The van der Waals surface area contributed by atoms with Crippen molar-refractivity contribution in [2.75, 3.05) is 12.8 Å². The van der Waals surface area contributed by atoms with Gasteiger partial charge in [-0.15, -0.1) is 0 Å². The molecule has 0 aliphatic carbocycles. The molecule has 2 aromatic rings. The van der Waals surface area contributed by atoms with Crippen LogP contribution in [-0.4, -0.2) is 23.0 Å². The lowest BCUT2D eigenvalue weighted by molar-refractivity contribution is 0.0595. The molecule has 0 spiro atoms. The molecule has 104 valence electrons. The Morgan fingerprint density at radius 1 is 1.40 bits per heavy atom. The Kier molecular flexibility index (Phi) is 4.52. The van der Waals surface area contributed by atoms with Gasteiger partial charge in [0.05, 0.1) is 12.7 Å². The van der Waals surface area contributed by atoms with Crippen molar-refractivity contribution >= 4 is 23.5 Å². The van der Waals surface area contributed by atoms with Gasteiger partial charge in [0.15, 0.2) is 5.82 Å². The summed E-state index contributed by atoms with van der Waals surface area (Å²) < 4.78 is 18.2. The number of rotatable bonds is 4. The summed E-state index contributed by atoms with van der Waals surface area (Å²) in [5, 5.41) is 0.588. The van der Waals surface area contributed by atoms with Crippen LogP contribution in [0.2, 0.25) is 0 Å². The summed E-state index contributed by atoms with van der Waals surface area (Å²) in [7, 11) is 1.21. The van der Waals surface area contributed by atoms with Crippen molar-refractivity contribution in [3.8, 4) is 0 Å². The van der Waals surface area contributed by atoms with Crippen molar-refractivity contribution in [1.82, 2.24) is 9.97 Å². The number of esters is 1. The summed E-state index contributed by atoms with van der Waals surface area (Å²) in [5.74, 6) is -0.493. The Balaban J connectivity index is 2.10. The Hall–Kier alpha value is -2.15.